The smallest absolute Gasteiger partial charge is 0.253 e. The summed E-state index contributed by atoms with van der Waals surface area (Å²) in [5.74, 6) is 0.441. The van der Waals surface area contributed by atoms with Crippen LogP contribution in [0.5, 0.6) is 0 Å². The maximum Gasteiger partial charge on any atom is 0.253 e. The molecule has 1 aliphatic carbocycles. The summed E-state index contributed by atoms with van der Waals surface area (Å²) in [6, 6.07) is 17.0. The van der Waals surface area contributed by atoms with E-state index in [1.54, 1.807) is 24.3 Å². The molecule has 0 radical (unpaired) electrons. The Labute approximate surface area is 179 Å². The summed E-state index contributed by atoms with van der Waals surface area (Å²) in [5.41, 5.74) is 1.93. The number of carbonyl (C=O) groups is 2. The van der Waals surface area contributed by atoms with E-state index in [1.165, 1.54) is 11.8 Å². The normalized spacial score (nSPS) is 13.9. The van der Waals surface area contributed by atoms with E-state index in [1.807, 2.05) is 30.3 Å². The van der Waals surface area contributed by atoms with Gasteiger partial charge in [-0.15, -0.1) is 5.10 Å². The van der Waals surface area contributed by atoms with Gasteiger partial charge in [-0.2, -0.15) is 0 Å². The topological polar surface area (TPSA) is 99.8 Å². The predicted octanol–water partition coefficient (Wildman–Crippen LogP) is 3.87. The molecule has 0 unspecified atom stereocenters. The molecular formula is C22H23N5O2S. The molecular weight excluding hydrogens is 398 g/mol. The molecule has 1 saturated carbocycles. The van der Waals surface area contributed by atoms with Gasteiger partial charge in [-0.25, -0.2) is 4.98 Å². The lowest BCUT2D eigenvalue weighted by molar-refractivity contribution is -0.113. The quantitative estimate of drug-likeness (QED) is 0.503. The van der Waals surface area contributed by atoms with Crippen molar-refractivity contribution in [3.8, 4) is 11.4 Å². The molecule has 154 valence electrons. The zero-order valence-electron chi connectivity index (χ0n) is 16.4. The third-order valence-electron chi connectivity index (χ3n) is 4.98. The van der Waals surface area contributed by atoms with Gasteiger partial charge in [-0.05, 0) is 25.0 Å². The van der Waals surface area contributed by atoms with Crippen molar-refractivity contribution in [3.05, 3.63) is 60.2 Å². The van der Waals surface area contributed by atoms with E-state index in [2.05, 4.69) is 25.8 Å². The highest BCUT2D eigenvalue weighted by Gasteiger charge is 2.20. The Kier molecular flexibility index (Phi) is 6.44. The Morgan fingerprint density at radius 3 is 2.57 bits per heavy atom. The third-order valence-corrected chi connectivity index (χ3v) is 5.83. The summed E-state index contributed by atoms with van der Waals surface area (Å²) in [5, 5.41) is 13.4. The van der Waals surface area contributed by atoms with E-state index in [0.717, 1.165) is 31.2 Å². The van der Waals surface area contributed by atoms with Crippen LogP contribution >= 0.6 is 11.8 Å². The molecule has 3 N–H and O–H groups in total. The molecule has 0 bridgehead atoms. The number of thioether (sulfide) groups is 1. The molecule has 4 rings (SSSR count). The Morgan fingerprint density at radius 2 is 1.77 bits per heavy atom. The van der Waals surface area contributed by atoms with Crippen LogP contribution in [-0.2, 0) is 4.79 Å². The number of benzene rings is 2. The molecule has 1 heterocycles. The lowest BCUT2D eigenvalue weighted by Gasteiger charge is -2.14. The van der Waals surface area contributed by atoms with E-state index in [0.29, 0.717) is 22.2 Å². The number of aromatic amines is 1. The molecule has 1 fully saturated rings. The molecule has 0 atom stereocenters. The maximum absolute atomic E-state index is 12.6. The predicted molar refractivity (Wildman–Crippen MR) is 117 cm³/mol. The first-order valence-electron chi connectivity index (χ1n) is 9.99. The van der Waals surface area contributed by atoms with Crippen LogP contribution in [0.3, 0.4) is 0 Å². The Balaban J connectivity index is 1.34. The number of H-pyrrole nitrogens is 1. The lowest BCUT2D eigenvalue weighted by Crippen LogP contribution is -2.33. The van der Waals surface area contributed by atoms with Gasteiger partial charge in [0.25, 0.3) is 5.91 Å². The maximum atomic E-state index is 12.6. The zero-order valence-corrected chi connectivity index (χ0v) is 17.2. The van der Waals surface area contributed by atoms with Crippen molar-refractivity contribution >= 4 is 29.3 Å². The summed E-state index contributed by atoms with van der Waals surface area (Å²) < 4.78 is 0. The number of nitrogens with one attached hydrogen (secondary N) is 3. The highest BCUT2D eigenvalue weighted by Crippen LogP contribution is 2.22. The van der Waals surface area contributed by atoms with E-state index in [-0.39, 0.29) is 23.6 Å². The first-order valence-corrected chi connectivity index (χ1v) is 11.0. The van der Waals surface area contributed by atoms with Crippen molar-refractivity contribution in [2.45, 2.75) is 36.9 Å². The SMILES string of the molecule is O=C(CSc1n[nH]c(-c2ccccc2)n1)Nc1ccccc1C(=O)NC1CCCC1. The molecule has 3 aromatic rings. The van der Waals surface area contributed by atoms with Crippen LogP contribution in [0.4, 0.5) is 5.69 Å². The average molecular weight is 422 g/mol. The van der Waals surface area contributed by atoms with E-state index < -0.39 is 0 Å². The second-order valence-electron chi connectivity index (χ2n) is 7.17. The molecule has 2 amide bonds. The minimum absolute atomic E-state index is 0.144. The van der Waals surface area contributed by atoms with Gasteiger partial charge in [0.2, 0.25) is 11.1 Å². The van der Waals surface area contributed by atoms with Crippen molar-refractivity contribution in [3.63, 3.8) is 0 Å². The van der Waals surface area contributed by atoms with Crippen LogP contribution in [0, 0.1) is 0 Å². The van der Waals surface area contributed by atoms with Crippen molar-refractivity contribution < 1.29 is 9.59 Å². The highest BCUT2D eigenvalue weighted by atomic mass is 32.2. The van der Waals surface area contributed by atoms with Crippen LogP contribution < -0.4 is 10.6 Å². The van der Waals surface area contributed by atoms with Crippen molar-refractivity contribution in [1.29, 1.82) is 0 Å². The Bertz CT molecular complexity index is 1020. The van der Waals surface area contributed by atoms with Gasteiger partial charge in [0.15, 0.2) is 5.82 Å². The highest BCUT2D eigenvalue weighted by molar-refractivity contribution is 7.99. The van der Waals surface area contributed by atoms with Gasteiger partial charge >= 0.3 is 0 Å². The molecule has 7 nitrogen and oxygen atoms in total. The van der Waals surface area contributed by atoms with Gasteiger partial charge in [-0.1, -0.05) is 67.1 Å². The Morgan fingerprint density at radius 1 is 1.03 bits per heavy atom. The minimum Gasteiger partial charge on any atom is -0.349 e. The standard InChI is InChI=1S/C22H23N5O2S/c28-19(14-30-22-25-20(26-27-22)15-8-2-1-3-9-15)24-18-13-7-6-12-17(18)21(29)23-16-10-4-5-11-16/h1-3,6-9,12-13,16H,4-5,10-11,14H2,(H,23,29)(H,24,28)(H,25,26,27). The fraction of sp³-hybridized carbons (Fsp3) is 0.273. The molecule has 0 aliphatic heterocycles. The third kappa shape index (κ3) is 5.07. The van der Waals surface area contributed by atoms with Gasteiger partial charge in [-0.3, -0.25) is 14.7 Å². The summed E-state index contributed by atoms with van der Waals surface area (Å²) in [6.07, 6.45) is 4.32. The number of para-hydroxylation sites is 1. The molecule has 30 heavy (non-hydrogen) atoms. The number of rotatable bonds is 7. The fourth-order valence-electron chi connectivity index (χ4n) is 3.48. The van der Waals surface area contributed by atoms with Gasteiger partial charge in [0.05, 0.1) is 17.0 Å². The van der Waals surface area contributed by atoms with E-state index >= 15 is 0 Å². The monoisotopic (exact) mass is 421 g/mol. The zero-order chi connectivity index (χ0) is 20.8. The molecule has 8 heteroatoms. The number of hydrogen-bond donors (Lipinski definition) is 3. The number of carbonyl (C=O) groups excluding carboxylic acids is 2. The summed E-state index contributed by atoms with van der Waals surface area (Å²) in [7, 11) is 0. The van der Waals surface area contributed by atoms with E-state index in [4.69, 9.17) is 0 Å². The largest absolute Gasteiger partial charge is 0.349 e. The minimum atomic E-state index is -0.216. The van der Waals surface area contributed by atoms with Gasteiger partial charge in [0.1, 0.15) is 0 Å². The Hall–Kier alpha value is -3.13. The van der Waals surface area contributed by atoms with Crippen LogP contribution in [0.1, 0.15) is 36.0 Å². The molecule has 1 aromatic heterocycles. The number of hydrogen-bond acceptors (Lipinski definition) is 5. The van der Waals surface area contributed by atoms with Crippen molar-refractivity contribution in [2.24, 2.45) is 0 Å². The average Bonchev–Trinajstić information content (AvgIpc) is 3.45. The summed E-state index contributed by atoms with van der Waals surface area (Å²) in [6.45, 7) is 0. The van der Waals surface area contributed by atoms with E-state index in [9.17, 15) is 9.59 Å². The van der Waals surface area contributed by atoms with Crippen LogP contribution in [0.25, 0.3) is 11.4 Å². The van der Waals surface area contributed by atoms with Crippen LogP contribution in [0.2, 0.25) is 0 Å². The first-order chi connectivity index (χ1) is 14.7. The van der Waals surface area contributed by atoms with Gasteiger partial charge in [0, 0.05) is 11.6 Å². The molecule has 2 aromatic carbocycles. The van der Waals surface area contributed by atoms with Gasteiger partial charge < -0.3 is 10.6 Å². The van der Waals surface area contributed by atoms with Crippen molar-refractivity contribution in [2.75, 3.05) is 11.1 Å². The van der Waals surface area contributed by atoms with Crippen LogP contribution in [0.15, 0.2) is 59.8 Å². The van der Waals surface area contributed by atoms with Crippen LogP contribution in [-0.4, -0.2) is 38.8 Å². The lowest BCUT2D eigenvalue weighted by atomic mass is 10.1. The second kappa shape index (κ2) is 9.58. The number of nitrogens with zero attached hydrogens (tertiary/aromatic N) is 2. The first kappa shape index (κ1) is 20.2. The fourth-order valence-corrected chi connectivity index (χ4v) is 4.07. The summed E-state index contributed by atoms with van der Waals surface area (Å²) >= 11 is 1.24. The second-order valence-corrected chi connectivity index (χ2v) is 8.11. The number of aromatic nitrogens is 3. The number of anilines is 1. The molecule has 0 saturated heterocycles. The number of amides is 2. The van der Waals surface area contributed by atoms with Crippen molar-refractivity contribution in [1.82, 2.24) is 20.5 Å². The molecule has 0 spiro atoms. The molecule has 1 aliphatic rings. The summed E-state index contributed by atoms with van der Waals surface area (Å²) in [4.78, 5) is 29.5.